The van der Waals surface area contributed by atoms with Crippen LogP contribution in [0, 0.1) is 0 Å². The van der Waals surface area contributed by atoms with Gasteiger partial charge in [0.15, 0.2) is 28.4 Å². The highest BCUT2D eigenvalue weighted by molar-refractivity contribution is 7.99. The second kappa shape index (κ2) is 13.7. The number of phosphoric acid groups is 1. The maximum Gasteiger partial charge on any atom is 0.479 e. The topological polar surface area (TPSA) is 265 Å². The molecule has 0 aliphatic carbocycles. The van der Waals surface area contributed by atoms with Crippen LogP contribution in [0.4, 0.5) is 5.82 Å². The fraction of sp³-hybridized carbons (Fsp3) is 0.706. The average molecular weight is 706 g/mol. The first-order valence-corrected chi connectivity index (χ1v) is 17.9. The van der Waals surface area contributed by atoms with Crippen LogP contribution in [0.2, 0.25) is 0 Å². The van der Waals surface area contributed by atoms with E-state index in [-0.39, 0.29) is 5.65 Å². The van der Waals surface area contributed by atoms with E-state index in [4.69, 9.17) is 42.5 Å². The van der Waals surface area contributed by atoms with Gasteiger partial charge in [0.05, 0.1) is 19.5 Å². The van der Waals surface area contributed by atoms with Crippen molar-refractivity contribution in [2.24, 2.45) is 0 Å². The normalized spacial score (nSPS) is 24.8. The number of aromatic nitrogens is 4. The van der Waals surface area contributed by atoms with Gasteiger partial charge in [0.1, 0.15) is 18.3 Å². The Bertz CT molecular complexity index is 1370. The second-order valence-corrected chi connectivity index (χ2v) is 17.5. The Morgan fingerprint density at radius 2 is 1.85 bits per heavy atom. The Balaban J connectivity index is 1.80. The SMILES string of the molecule is CCCSc1nc(NCCOC)c2ncn([C@@H]3O[C@H](COP(=O)(O)OP(=O)(O)C(Cl)(Cl)P(=O)(O)O)[C@@H](O)[C@H]3O)c2n1. The molecule has 6 atom stereocenters. The molecule has 0 radical (unpaired) electrons. The van der Waals surface area contributed by atoms with Crippen LogP contribution in [0.5, 0.6) is 0 Å². The molecule has 0 spiro atoms. The fourth-order valence-corrected chi connectivity index (χ4v) is 8.31. The van der Waals surface area contributed by atoms with Gasteiger partial charge in [-0.3, -0.25) is 18.2 Å². The lowest BCUT2D eigenvalue weighted by atomic mass is 10.1. The van der Waals surface area contributed by atoms with E-state index in [1.54, 1.807) is 0 Å². The molecular formula is C17H28Cl2N5O13P3S. The summed E-state index contributed by atoms with van der Waals surface area (Å²) < 4.78 is 52.5. The van der Waals surface area contributed by atoms with E-state index in [9.17, 15) is 33.7 Å². The highest BCUT2D eigenvalue weighted by Gasteiger charge is 2.62. The number of nitrogens with zero attached hydrogens (tertiary/aromatic N) is 4. The number of ether oxygens (including phenoxy) is 2. The van der Waals surface area contributed by atoms with Crippen LogP contribution in [0.3, 0.4) is 0 Å². The number of aliphatic hydroxyl groups excluding tert-OH is 2. The summed E-state index contributed by atoms with van der Waals surface area (Å²) in [5, 5.41) is 24.7. The molecule has 1 aliphatic rings. The minimum atomic E-state index is -5.90. The third kappa shape index (κ3) is 8.00. The number of phosphoric ester groups is 1. The van der Waals surface area contributed by atoms with Crippen molar-refractivity contribution in [2.75, 3.05) is 37.9 Å². The molecule has 7 N–H and O–H groups in total. The van der Waals surface area contributed by atoms with E-state index < -0.39 is 58.0 Å². The van der Waals surface area contributed by atoms with Crippen molar-refractivity contribution in [2.45, 2.75) is 46.9 Å². The number of rotatable bonds is 15. The molecule has 0 aromatic carbocycles. The van der Waals surface area contributed by atoms with Crippen molar-refractivity contribution >= 4 is 75.0 Å². The Morgan fingerprint density at radius 1 is 1.17 bits per heavy atom. The quantitative estimate of drug-likeness (QED) is 0.0456. The molecule has 0 bridgehead atoms. The van der Waals surface area contributed by atoms with E-state index in [0.717, 1.165) is 6.42 Å². The lowest BCUT2D eigenvalue weighted by Gasteiger charge is -2.26. The van der Waals surface area contributed by atoms with Gasteiger partial charge >= 0.3 is 26.8 Å². The number of hydrogen-bond donors (Lipinski definition) is 7. The predicted octanol–water partition coefficient (Wildman–Crippen LogP) is 1.59. The Hall–Kier alpha value is -0.430. The molecule has 3 heterocycles. The van der Waals surface area contributed by atoms with Gasteiger partial charge in [-0.25, -0.2) is 23.8 Å². The average Bonchev–Trinajstić information content (AvgIpc) is 3.41. The Morgan fingerprint density at radius 3 is 2.46 bits per heavy atom. The second-order valence-electron chi connectivity index (χ2n) is 8.41. The Kier molecular flexibility index (Phi) is 11.7. The maximum absolute atomic E-state index is 12.3. The van der Waals surface area contributed by atoms with Crippen molar-refractivity contribution in [3.05, 3.63) is 6.33 Å². The number of imidazole rings is 1. The van der Waals surface area contributed by atoms with Crippen molar-refractivity contribution in [3.8, 4) is 0 Å². The third-order valence-electron chi connectivity index (χ3n) is 5.35. The zero-order valence-electron chi connectivity index (χ0n) is 21.3. The number of halogens is 2. The van der Waals surface area contributed by atoms with E-state index >= 15 is 0 Å². The van der Waals surface area contributed by atoms with Crippen LogP contribution in [0.25, 0.3) is 11.2 Å². The molecule has 1 aliphatic heterocycles. The minimum absolute atomic E-state index is 0.228. The zero-order chi connectivity index (χ0) is 30.8. The predicted molar refractivity (Wildman–Crippen MR) is 146 cm³/mol. The molecule has 2 aromatic heterocycles. The van der Waals surface area contributed by atoms with Crippen LogP contribution in [-0.4, -0.2) is 104 Å². The summed E-state index contributed by atoms with van der Waals surface area (Å²) in [5.74, 6) is 1.10. The molecule has 18 nitrogen and oxygen atoms in total. The van der Waals surface area contributed by atoms with Crippen LogP contribution < -0.4 is 5.32 Å². The van der Waals surface area contributed by atoms with Crippen LogP contribution >= 0.6 is 58.0 Å². The zero-order valence-corrected chi connectivity index (χ0v) is 26.3. The molecule has 234 valence electrons. The van der Waals surface area contributed by atoms with Crippen molar-refractivity contribution in [1.82, 2.24) is 19.5 Å². The number of fused-ring (bicyclic) bond motifs is 1. The van der Waals surface area contributed by atoms with E-state index in [2.05, 4.69) is 29.1 Å². The molecular weight excluding hydrogens is 678 g/mol. The van der Waals surface area contributed by atoms with Gasteiger partial charge in [-0.05, 0) is 6.42 Å². The molecule has 1 fully saturated rings. The standard InChI is InChI=1S/C17H28Cl2N5O13P3S/c1-3-6-41-16-22-13(20-4-5-34-2)10-14(23-16)24(8-21-10)15-12(26)11(25)9(36-15)7-35-40(32,33)37-39(30,31)17(18,19)38(27,28)29/h8-9,11-12,15,25-26H,3-7H2,1-2H3,(H,30,31)(H,32,33)(H,20,22,23)(H2,27,28,29)/t9-,11-,12-,15-/m1/s1. The summed E-state index contributed by atoms with van der Waals surface area (Å²) in [6, 6.07) is 0. The van der Waals surface area contributed by atoms with Gasteiger partial charge in [0.2, 0.25) is 0 Å². The van der Waals surface area contributed by atoms with Gasteiger partial charge in [0.25, 0.3) is 0 Å². The van der Waals surface area contributed by atoms with Gasteiger partial charge in [-0.15, -0.1) is 0 Å². The highest BCUT2D eigenvalue weighted by atomic mass is 35.5. The lowest BCUT2D eigenvalue weighted by Crippen LogP contribution is -2.33. The Labute approximate surface area is 247 Å². The first-order valence-electron chi connectivity index (χ1n) is 11.5. The molecule has 2 aromatic rings. The number of thioether (sulfide) groups is 1. The number of methoxy groups -OCH3 is 1. The third-order valence-corrected chi connectivity index (χ3v) is 14.1. The summed E-state index contributed by atoms with van der Waals surface area (Å²) in [7, 11) is -15.7. The van der Waals surface area contributed by atoms with Gasteiger partial charge in [0, 0.05) is 19.4 Å². The number of alkyl halides is 2. The van der Waals surface area contributed by atoms with Crippen LogP contribution in [0.15, 0.2) is 11.5 Å². The number of nitrogens with one attached hydrogen (secondary N) is 1. The highest BCUT2D eigenvalue weighted by Crippen LogP contribution is 2.79. The molecule has 0 saturated carbocycles. The van der Waals surface area contributed by atoms with Crippen LogP contribution in [-0.2, 0) is 32.0 Å². The molecule has 0 amide bonds. The first-order chi connectivity index (χ1) is 19.0. The summed E-state index contributed by atoms with van der Waals surface area (Å²) >= 11 is 11.8. The maximum atomic E-state index is 12.3. The molecule has 3 rings (SSSR count). The van der Waals surface area contributed by atoms with E-state index in [1.807, 2.05) is 6.92 Å². The first kappa shape index (κ1) is 35.1. The van der Waals surface area contributed by atoms with Gasteiger partial charge < -0.3 is 44.6 Å². The largest absolute Gasteiger partial charge is 0.479 e. The minimum Gasteiger partial charge on any atom is -0.387 e. The van der Waals surface area contributed by atoms with Crippen LogP contribution in [0.1, 0.15) is 19.6 Å². The number of hydrogen-bond acceptors (Lipinski definition) is 14. The number of anilines is 1. The summed E-state index contributed by atoms with van der Waals surface area (Å²) in [4.78, 5) is 51.0. The summed E-state index contributed by atoms with van der Waals surface area (Å²) in [6.07, 6.45) is -4.07. The van der Waals surface area contributed by atoms with Gasteiger partial charge in [-0.1, -0.05) is 41.9 Å². The molecule has 41 heavy (non-hydrogen) atoms. The van der Waals surface area contributed by atoms with Crippen molar-refractivity contribution in [1.29, 1.82) is 0 Å². The van der Waals surface area contributed by atoms with Crippen molar-refractivity contribution in [3.63, 3.8) is 0 Å². The monoisotopic (exact) mass is 705 g/mol. The lowest BCUT2D eigenvalue weighted by molar-refractivity contribution is -0.0502. The smallest absolute Gasteiger partial charge is 0.387 e. The van der Waals surface area contributed by atoms with Gasteiger partial charge in [-0.2, -0.15) is 0 Å². The van der Waals surface area contributed by atoms with E-state index in [1.165, 1.54) is 29.8 Å². The summed E-state index contributed by atoms with van der Waals surface area (Å²) in [5.41, 5.74) is 0.543. The van der Waals surface area contributed by atoms with Crippen molar-refractivity contribution < 1.29 is 61.8 Å². The molecule has 1 saturated heterocycles. The molecule has 24 heteroatoms. The molecule has 2 unspecified atom stereocenters. The summed E-state index contributed by atoms with van der Waals surface area (Å²) in [6.45, 7) is 1.76. The van der Waals surface area contributed by atoms with E-state index in [0.29, 0.717) is 35.4 Å². The fourth-order valence-electron chi connectivity index (χ4n) is 3.38. The number of aliphatic hydroxyl groups is 2.